The minimum atomic E-state index is -3.50. The molecular formula is C33H54N4O5S. The first-order valence-corrected chi connectivity index (χ1v) is 16.7. The molecule has 3 atom stereocenters. The number of amides is 2. The Morgan fingerprint density at radius 2 is 1.77 bits per heavy atom. The molecule has 1 aromatic carbocycles. The van der Waals surface area contributed by atoms with Gasteiger partial charge in [0.1, 0.15) is 0 Å². The highest BCUT2D eigenvalue weighted by atomic mass is 32.2. The van der Waals surface area contributed by atoms with Crippen molar-refractivity contribution < 1.29 is 23.1 Å². The highest BCUT2D eigenvalue weighted by Gasteiger charge is 2.27. The van der Waals surface area contributed by atoms with Crippen molar-refractivity contribution in [3.05, 3.63) is 35.9 Å². The van der Waals surface area contributed by atoms with Gasteiger partial charge >= 0.3 is 0 Å². The van der Waals surface area contributed by atoms with Gasteiger partial charge < -0.3 is 21.5 Å². The van der Waals surface area contributed by atoms with Crippen LogP contribution in [0.4, 0.5) is 0 Å². The lowest BCUT2D eigenvalue weighted by molar-refractivity contribution is -0.125. The van der Waals surface area contributed by atoms with E-state index >= 15 is 0 Å². The molecule has 1 fully saturated rings. The van der Waals surface area contributed by atoms with E-state index in [0.717, 1.165) is 11.5 Å². The Morgan fingerprint density at radius 3 is 2.26 bits per heavy atom. The van der Waals surface area contributed by atoms with Crippen LogP contribution in [0.25, 0.3) is 0 Å². The van der Waals surface area contributed by atoms with E-state index in [1.807, 2.05) is 30.3 Å². The summed E-state index contributed by atoms with van der Waals surface area (Å²) in [5, 5.41) is 14.9. The molecule has 5 N–H and O–H groups in total. The van der Waals surface area contributed by atoms with Crippen molar-refractivity contribution in [1.29, 1.82) is 0 Å². The molecule has 2 rings (SSSR count). The van der Waals surface area contributed by atoms with E-state index < -0.39 is 28.0 Å². The van der Waals surface area contributed by atoms with E-state index in [2.05, 4.69) is 29.4 Å². The fourth-order valence-corrected chi connectivity index (χ4v) is 5.67. The molecule has 1 aromatic rings. The van der Waals surface area contributed by atoms with E-state index in [1.165, 1.54) is 43.5 Å². The first kappa shape index (κ1) is 40.1. The molecule has 0 bridgehead atoms. The quantitative estimate of drug-likeness (QED) is 0.223. The van der Waals surface area contributed by atoms with Crippen molar-refractivity contribution in [2.24, 2.45) is 23.5 Å². The zero-order chi connectivity index (χ0) is 32.7. The van der Waals surface area contributed by atoms with Crippen molar-refractivity contribution >= 4 is 21.8 Å². The fourth-order valence-electron chi connectivity index (χ4n) is 4.25. The van der Waals surface area contributed by atoms with Crippen LogP contribution < -0.4 is 16.4 Å². The van der Waals surface area contributed by atoms with Crippen LogP contribution in [0.5, 0.6) is 0 Å². The van der Waals surface area contributed by atoms with Gasteiger partial charge in [0.15, 0.2) is 0 Å². The van der Waals surface area contributed by atoms with Crippen LogP contribution in [0.3, 0.4) is 0 Å². The Kier molecular flexibility index (Phi) is 22.0. The third kappa shape index (κ3) is 19.8. The number of hydrogen-bond donors (Lipinski definition) is 4. The maximum absolute atomic E-state index is 12.2. The van der Waals surface area contributed by atoms with Crippen molar-refractivity contribution in [3.63, 3.8) is 0 Å². The number of carbonyl (C=O) groups is 2. The average Bonchev–Trinajstić information content (AvgIpc) is 2.98. The zero-order valence-electron chi connectivity index (χ0n) is 26.6. The Balaban J connectivity index is 0.000000693. The van der Waals surface area contributed by atoms with E-state index in [0.29, 0.717) is 38.8 Å². The maximum Gasteiger partial charge on any atom is 0.223 e. The number of rotatable bonds is 15. The average molecular weight is 619 g/mol. The van der Waals surface area contributed by atoms with Crippen molar-refractivity contribution in [2.75, 3.05) is 39.5 Å². The number of aliphatic hydroxyl groups excluding tert-OH is 1. The predicted octanol–water partition coefficient (Wildman–Crippen LogP) is 2.93. The van der Waals surface area contributed by atoms with Crippen molar-refractivity contribution in [2.45, 2.75) is 77.7 Å². The minimum absolute atomic E-state index is 0.132. The molecule has 0 unspecified atom stereocenters. The molecule has 10 heteroatoms. The maximum atomic E-state index is 12.2. The summed E-state index contributed by atoms with van der Waals surface area (Å²) in [6, 6.07) is 9.27. The van der Waals surface area contributed by atoms with Crippen LogP contribution in [0, 0.1) is 42.4 Å². The summed E-state index contributed by atoms with van der Waals surface area (Å²) < 4.78 is 25.7. The number of sulfonamides is 1. The monoisotopic (exact) mass is 618 g/mol. The number of hydrogen-bond acceptors (Lipinski definition) is 6. The lowest BCUT2D eigenvalue weighted by atomic mass is 9.91. The number of benzene rings is 1. The van der Waals surface area contributed by atoms with Crippen molar-refractivity contribution in [3.8, 4) is 24.7 Å². The SMILES string of the molecule is C#CCC[C@H](O)CNC(=O)[C@@H](C)CC#C.CC1CCCCC1.CNCCN(C)S(=O)(=O)C[C@@H](Cc1ccccc1)C(N)=O. The largest absolute Gasteiger partial charge is 0.391 e. The molecule has 2 amide bonds. The summed E-state index contributed by atoms with van der Waals surface area (Å²) in [7, 11) is -0.245. The molecule has 0 aromatic heterocycles. The molecule has 43 heavy (non-hydrogen) atoms. The van der Waals surface area contributed by atoms with E-state index in [9.17, 15) is 23.1 Å². The third-order valence-electron chi connectivity index (χ3n) is 7.19. The lowest BCUT2D eigenvalue weighted by Gasteiger charge is -2.20. The Hall–Kier alpha value is -2.89. The first-order valence-electron chi connectivity index (χ1n) is 15.1. The van der Waals surface area contributed by atoms with Crippen LogP contribution in [0.15, 0.2) is 30.3 Å². The fraction of sp³-hybridized carbons (Fsp3) is 0.636. The summed E-state index contributed by atoms with van der Waals surface area (Å²) >= 11 is 0. The number of nitrogens with zero attached hydrogens (tertiary/aromatic N) is 1. The number of carbonyl (C=O) groups excluding carboxylic acids is 2. The standard InChI is InChI=1S/C14H23N3O3S.C12H17NO2.C7H14/c1-16-8-9-17(2)21(19,20)11-13(14(15)18)10-12-6-4-3-5-7-12;1-4-6-8-11(14)9-13-12(15)10(3)7-5-2;1-7-5-3-2-4-6-7/h3-7,13,16H,8-11H2,1-2H3,(H2,15,18);1-2,10-11,14H,6-9H2,3H3,(H,13,15);7H,2-6H2,1H3/t13-;10-,11-;/m10./s1. The van der Waals surface area contributed by atoms with Gasteiger partial charge in [0.05, 0.1) is 17.8 Å². The van der Waals surface area contributed by atoms with E-state index in [4.69, 9.17) is 18.6 Å². The van der Waals surface area contributed by atoms with Gasteiger partial charge in [0.2, 0.25) is 21.8 Å². The van der Waals surface area contributed by atoms with Crippen LogP contribution in [-0.2, 0) is 26.0 Å². The Morgan fingerprint density at radius 1 is 1.14 bits per heavy atom. The van der Waals surface area contributed by atoms with Gasteiger partial charge in [-0.1, -0.05) is 76.3 Å². The topological polar surface area (TPSA) is 142 Å². The highest BCUT2D eigenvalue weighted by Crippen LogP contribution is 2.22. The minimum Gasteiger partial charge on any atom is -0.391 e. The molecular weight excluding hydrogens is 564 g/mol. The van der Waals surface area contributed by atoms with Crippen LogP contribution in [-0.4, -0.2) is 75.2 Å². The van der Waals surface area contributed by atoms with Crippen LogP contribution in [0.2, 0.25) is 0 Å². The first-order chi connectivity index (χ1) is 20.4. The number of nitrogens with one attached hydrogen (secondary N) is 2. The molecule has 9 nitrogen and oxygen atoms in total. The summed E-state index contributed by atoms with van der Waals surface area (Å²) in [4.78, 5) is 22.9. The molecule has 0 heterocycles. The van der Waals surface area contributed by atoms with Gasteiger partial charge in [-0.3, -0.25) is 9.59 Å². The van der Waals surface area contributed by atoms with Crippen LogP contribution in [0.1, 0.15) is 70.8 Å². The number of nitrogens with two attached hydrogens (primary N) is 1. The predicted molar refractivity (Wildman–Crippen MR) is 175 cm³/mol. The summed E-state index contributed by atoms with van der Waals surface area (Å²) in [6.07, 6.45) is 18.7. The highest BCUT2D eigenvalue weighted by molar-refractivity contribution is 7.89. The zero-order valence-corrected chi connectivity index (χ0v) is 27.4. The summed E-state index contributed by atoms with van der Waals surface area (Å²) in [6.45, 7) is 5.25. The molecule has 1 saturated carbocycles. The van der Waals surface area contributed by atoms with Gasteiger partial charge in [0, 0.05) is 45.4 Å². The second-order valence-electron chi connectivity index (χ2n) is 11.2. The smallest absolute Gasteiger partial charge is 0.223 e. The van der Waals surface area contributed by atoms with E-state index in [1.54, 1.807) is 14.0 Å². The van der Waals surface area contributed by atoms with E-state index in [-0.39, 0.29) is 24.1 Å². The molecule has 0 saturated heterocycles. The lowest BCUT2D eigenvalue weighted by Crippen LogP contribution is -2.39. The normalized spacial score (nSPS) is 15.3. The van der Waals surface area contributed by atoms with Gasteiger partial charge in [0.25, 0.3) is 0 Å². The van der Waals surface area contributed by atoms with Gasteiger partial charge in [-0.25, -0.2) is 12.7 Å². The Bertz CT molecular complexity index is 1090. The number of terminal acetylenes is 2. The molecule has 1 aliphatic carbocycles. The molecule has 242 valence electrons. The number of primary amides is 1. The molecule has 0 radical (unpaired) electrons. The number of likely N-dealkylation sites (N-methyl/N-ethyl adjacent to an activating group) is 2. The Labute approximate surface area is 260 Å². The second-order valence-corrected chi connectivity index (χ2v) is 13.3. The van der Waals surface area contributed by atoms with Crippen molar-refractivity contribution in [1.82, 2.24) is 14.9 Å². The van der Waals surface area contributed by atoms with Gasteiger partial charge in [-0.2, -0.15) is 0 Å². The van der Waals surface area contributed by atoms with Gasteiger partial charge in [-0.05, 0) is 31.4 Å². The van der Waals surface area contributed by atoms with Crippen LogP contribution >= 0.6 is 0 Å². The molecule has 1 aliphatic rings. The molecule has 0 spiro atoms. The molecule has 0 aliphatic heterocycles. The summed E-state index contributed by atoms with van der Waals surface area (Å²) in [5.41, 5.74) is 6.26. The second kappa shape index (κ2) is 23.6. The number of aliphatic hydroxyl groups is 1. The van der Waals surface area contributed by atoms with Gasteiger partial charge in [-0.15, -0.1) is 24.7 Å². The third-order valence-corrected chi connectivity index (χ3v) is 9.15. The summed E-state index contributed by atoms with van der Waals surface area (Å²) in [5.74, 6) is 3.95.